The van der Waals surface area contributed by atoms with E-state index in [2.05, 4.69) is 42.4 Å². The fraction of sp³-hybridized carbons (Fsp3) is 0.647. The first kappa shape index (κ1) is 16.7. The Morgan fingerprint density at radius 3 is 2.54 bits per heavy atom. The van der Waals surface area contributed by atoms with Gasteiger partial charge >= 0.3 is 0 Å². The summed E-state index contributed by atoms with van der Waals surface area (Å²) in [5, 5.41) is 12.8. The van der Waals surface area contributed by atoms with E-state index in [-0.39, 0.29) is 17.4 Å². The third-order valence-electron chi connectivity index (χ3n) is 4.71. The summed E-state index contributed by atoms with van der Waals surface area (Å²) in [6, 6.07) is 1.90. The van der Waals surface area contributed by atoms with Crippen molar-refractivity contribution >= 4 is 5.91 Å². The second-order valence-electron chi connectivity index (χ2n) is 7.55. The molecule has 2 aromatic heterocycles. The lowest BCUT2D eigenvalue weighted by Gasteiger charge is -2.33. The molecule has 24 heavy (non-hydrogen) atoms. The molecule has 0 aromatic carbocycles. The second-order valence-corrected chi connectivity index (χ2v) is 7.55. The van der Waals surface area contributed by atoms with Crippen LogP contribution >= 0.6 is 0 Å². The SMILES string of the molecule is CC(C(=O)N1CCC(n2cc(C(C)(C)C)nn2)CC1)n1cccn1. The summed E-state index contributed by atoms with van der Waals surface area (Å²) in [7, 11) is 0. The van der Waals surface area contributed by atoms with Crippen LogP contribution < -0.4 is 0 Å². The van der Waals surface area contributed by atoms with Gasteiger partial charge in [-0.05, 0) is 25.8 Å². The zero-order chi connectivity index (χ0) is 17.3. The highest BCUT2D eigenvalue weighted by Gasteiger charge is 2.29. The first-order valence-electron chi connectivity index (χ1n) is 8.56. The molecule has 0 N–H and O–H groups in total. The fourth-order valence-corrected chi connectivity index (χ4v) is 3.04. The first-order chi connectivity index (χ1) is 11.4. The number of rotatable bonds is 3. The van der Waals surface area contributed by atoms with Crippen molar-refractivity contribution in [3.63, 3.8) is 0 Å². The van der Waals surface area contributed by atoms with Crippen LogP contribution in [0, 0.1) is 0 Å². The normalized spacial score (nSPS) is 17.9. The second kappa shape index (κ2) is 6.37. The van der Waals surface area contributed by atoms with E-state index in [0.717, 1.165) is 31.6 Å². The van der Waals surface area contributed by atoms with E-state index in [1.807, 2.05) is 28.8 Å². The molecule has 0 aliphatic carbocycles. The van der Waals surface area contributed by atoms with Gasteiger partial charge < -0.3 is 4.90 Å². The minimum absolute atomic E-state index is 0.00805. The summed E-state index contributed by atoms with van der Waals surface area (Å²) in [5.41, 5.74) is 1.02. The van der Waals surface area contributed by atoms with E-state index in [1.165, 1.54) is 0 Å². The number of aromatic nitrogens is 5. The van der Waals surface area contributed by atoms with Crippen LogP contribution in [0.15, 0.2) is 24.7 Å². The van der Waals surface area contributed by atoms with Gasteiger partial charge in [-0.3, -0.25) is 9.48 Å². The van der Waals surface area contributed by atoms with Crippen LogP contribution in [0.3, 0.4) is 0 Å². The Hall–Kier alpha value is -2.18. The monoisotopic (exact) mass is 330 g/mol. The van der Waals surface area contributed by atoms with Crippen LogP contribution in [0.2, 0.25) is 0 Å². The highest BCUT2D eigenvalue weighted by atomic mass is 16.2. The maximum atomic E-state index is 12.6. The summed E-state index contributed by atoms with van der Waals surface area (Å²) in [4.78, 5) is 14.5. The molecule has 1 aliphatic heterocycles. The van der Waals surface area contributed by atoms with Gasteiger partial charge in [0.25, 0.3) is 0 Å². The number of hydrogen-bond acceptors (Lipinski definition) is 4. The number of piperidine rings is 1. The Kier molecular flexibility index (Phi) is 4.43. The van der Waals surface area contributed by atoms with Gasteiger partial charge in [-0.15, -0.1) is 5.10 Å². The lowest BCUT2D eigenvalue weighted by Crippen LogP contribution is -2.42. The molecule has 0 spiro atoms. The number of hydrogen-bond donors (Lipinski definition) is 0. The van der Waals surface area contributed by atoms with Gasteiger partial charge in [0.05, 0.1) is 11.7 Å². The number of nitrogens with zero attached hydrogens (tertiary/aromatic N) is 6. The lowest BCUT2D eigenvalue weighted by molar-refractivity contribution is -0.135. The molecule has 0 saturated carbocycles. The number of likely N-dealkylation sites (tertiary alicyclic amines) is 1. The molecule has 2 aromatic rings. The molecule has 3 heterocycles. The van der Waals surface area contributed by atoms with Crippen LogP contribution in [-0.2, 0) is 10.2 Å². The van der Waals surface area contributed by atoms with Crippen LogP contribution in [0.5, 0.6) is 0 Å². The van der Waals surface area contributed by atoms with Crippen LogP contribution in [0.1, 0.15) is 58.3 Å². The Morgan fingerprint density at radius 1 is 1.29 bits per heavy atom. The van der Waals surface area contributed by atoms with Gasteiger partial charge in [-0.1, -0.05) is 26.0 Å². The van der Waals surface area contributed by atoms with Crippen molar-refractivity contribution in [2.75, 3.05) is 13.1 Å². The Balaban J connectivity index is 1.59. The molecule has 1 unspecified atom stereocenters. The summed E-state index contributed by atoms with van der Waals surface area (Å²) in [6.07, 6.45) is 7.40. The Morgan fingerprint density at radius 2 is 2.00 bits per heavy atom. The zero-order valence-corrected chi connectivity index (χ0v) is 14.9. The predicted octanol–water partition coefficient (Wildman–Crippen LogP) is 2.20. The number of carbonyl (C=O) groups excluding carboxylic acids is 1. The lowest BCUT2D eigenvalue weighted by atomic mass is 9.93. The molecular weight excluding hydrogens is 304 g/mol. The van der Waals surface area contributed by atoms with Crippen molar-refractivity contribution in [3.05, 3.63) is 30.4 Å². The molecule has 7 nitrogen and oxygen atoms in total. The molecule has 1 amide bonds. The van der Waals surface area contributed by atoms with Crippen molar-refractivity contribution in [2.45, 2.75) is 58.0 Å². The molecule has 1 fully saturated rings. The molecular formula is C17H26N6O. The van der Waals surface area contributed by atoms with Crippen molar-refractivity contribution < 1.29 is 4.79 Å². The highest BCUT2D eigenvalue weighted by molar-refractivity contribution is 5.80. The van der Waals surface area contributed by atoms with Crippen molar-refractivity contribution in [2.24, 2.45) is 0 Å². The van der Waals surface area contributed by atoms with E-state index >= 15 is 0 Å². The molecule has 1 saturated heterocycles. The largest absolute Gasteiger partial charge is 0.341 e. The molecule has 0 bridgehead atoms. The molecule has 130 valence electrons. The minimum atomic E-state index is -0.254. The standard InChI is InChI=1S/C17H26N6O/c1-13(22-9-5-8-18-22)16(24)21-10-6-14(7-11-21)23-12-15(19-20-23)17(2,3)4/h5,8-9,12-14H,6-7,10-11H2,1-4H3. The van der Waals surface area contributed by atoms with E-state index < -0.39 is 0 Å². The van der Waals surface area contributed by atoms with E-state index in [1.54, 1.807) is 10.9 Å². The Bertz CT molecular complexity index is 676. The summed E-state index contributed by atoms with van der Waals surface area (Å²) in [5.74, 6) is 0.131. The van der Waals surface area contributed by atoms with Crippen LogP contribution in [-0.4, -0.2) is 48.7 Å². The molecule has 1 aliphatic rings. The average molecular weight is 330 g/mol. The van der Waals surface area contributed by atoms with Gasteiger partial charge in [0.15, 0.2) is 0 Å². The Labute approximate surface area is 142 Å². The molecule has 0 radical (unpaired) electrons. The van der Waals surface area contributed by atoms with E-state index in [9.17, 15) is 4.79 Å². The maximum absolute atomic E-state index is 12.6. The van der Waals surface area contributed by atoms with Crippen molar-refractivity contribution in [1.82, 2.24) is 29.7 Å². The number of carbonyl (C=O) groups is 1. The van der Waals surface area contributed by atoms with Crippen molar-refractivity contribution in [3.8, 4) is 0 Å². The first-order valence-corrected chi connectivity index (χ1v) is 8.56. The smallest absolute Gasteiger partial charge is 0.247 e. The number of amides is 1. The minimum Gasteiger partial charge on any atom is -0.341 e. The van der Waals surface area contributed by atoms with Gasteiger partial charge in [0.1, 0.15) is 6.04 Å². The third-order valence-corrected chi connectivity index (χ3v) is 4.71. The highest BCUT2D eigenvalue weighted by Crippen LogP contribution is 2.26. The van der Waals surface area contributed by atoms with Crippen molar-refractivity contribution in [1.29, 1.82) is 0 Å². The van der Waals surface area contributed by atoms with E-state index in [4.69, 9.17) is 0 Å². The average Bonchev–Trinajstić information content (AvgIpc) is 3.24. The summed E-state index contributed by atoms with van der Waals surface area (Å²) >= 11 is 0. The van der Waals surface area contributed by atoms with Gasteiger partial charge in [0.2, 0.25) is 5.91 Å². The van der Waals surface area contributed by atoms with E-state index in [0.29, 0.717) is 6.04 Å². The third kappa shape index (κ3) is 3.34. The van der Waals surface area contributed by atoms with Crippen LogP contribution in [0.25, 0.3) is 0 Å². The van der Waals surface area contributed by atoms with Gasteiger partial charge in [0, 0.05) is 37.1 Å². The van der Waals surface area contributed by atoms with Crippen LogP contribution in [0.4, 0.5) is 0 Å². The quantitative estimate of drug-likeness (QED) is 0.865. The predicted molar refractivity (Wildman–Crippen MR) is 90.5 cm³/mol. The summed E-state index contributed by atoms with van der Waals surface area (Å²) in [6.45, 7) is 9.81. The molecule has 7 heteroatoms. The van der Waals surface area contributed by atoms with Gasteiger partial charge in [-0.25, -0.2) is 4.68 Å². The van der Waals surface area contributed by atoms with Gasteiger partial charge in [-0.2, -0.15) is 5.10 Å². The molecule has 3 rings (SSSR count). The maximum Gasteiger partial charge on any atom is 0.247 e. The fourth-order valence-electron chi connectivity index (χ4n) is 3.04. The topological polar surface area (TPSA) is 68.8 Å². The summed E-state index contributed by atoms with van der Waals surface area (Å²) < 4.78 is 3.68. The zero-order valence-electron chi connectivity index (χ0n) is 14.9. The molecule has 1 atom stereocenters.